The Bertz CT molecular complexity index is 576. The van der Waals surface area contributed by atoms with Gasteiger partial charge in [0.05, 0.1) is 23.6 Å². The smallest absolute Gasteiger partial charge is 0.547 e. The molecule has 20 heavy (non-hydrogen) atoms. The number of hydrogen-bond donors (Lipinski definition) is 0. The third kappa shape index (κ3) is 2.62. The van der Waals surface area contributed by atoms with E-state index in [1.807, 2.05) is 0 Å². The van der Waals surface area contributed by atoms with Crippen LogP contribution >= 0.6 is 0 Å². The minimum absolute atomic E-state index is 0. The van der Waals surface area contributed by atoms with Gasteiger partial charge in [0.15, 0.2) is 5.54 Å². The first-order valence-electron chi connectivity index (χ1n) is 5.23. The van der Waals surface area contributed by atoms with Crippen molar-refractivity contribution < 1.29 is 53.9 Å². The maximum atomic E-state index is 11.4. The predicted octanol–water partition coefficient (Wildman–Crippen LogP) is -3.42. The third-order valence-electron chi connectivity index (χ3n) is 2.75. The first-order valence-corrected chi connectivity index (χ1v) is 5.23. The molecule has 0 fully saturated rings. The van der Waals surface area contributed by atoms with E-state index < -0.39 is 23.0 Å². The molecule has 100 valence electrons. The van der Waals surface area contributed by atoms with Crippen LogP contribution in [0.4, 0.5) is 5.69 Å². The fourth-order valence-electron chi connectivity index (χ4n) is 1.83. The molecule has 1 aromatic rings. The number of nitro benzene ring substituents is 1. The molecule has 1 aliphatic heterocycles. The summed E-state index contributed by atoms with van der Waals surface area (Å²) in [5.41, 5.74) is -2.43. The van der Waals surface area contributed by atoms with Crippen molar-refractivity contribution in [1.82, 2.24) is 0 Å². The van der Waals surface area contributed by atoms with Crippen molar-refractivity contribution in [3.8, 4) is 0 Å². The number of carboxylic acids is 1. The number of methoxy groups -OCH3 is 1. The molecule has 0 spiro atoms. The molecule has 1 aliphatic rings. The van der Waals surface area contributed by atoms with Gasteiger partial charge in [-0.1, -0.05) is 12.1 Å². The van der Waals surface area contributed by atoms with Crippen molar-refractivity contribution in [2.75, 3.05) is 13.7 Å². The van der Waals surface area contributed by atoms with E-state index in [4.69, 9.17) is 9.47 Å². The second-order valence-electron chi connectivity index (χ2n) is 3.79. The molecular formula is C11H9N2NaO6. The summed E-state index contributed by atoms with van der Waals surface area (Å²) in [6, 6.07) is 5.41. The number of nitrogens with zero attached hydrogens (tertiary/aromatic N) is 2. The van der Waals surface area contributed by atoms with E-state index in [1.54, 1.807) is 0 Å². The number of carbonyl (C=O) groups excluding carboxylic acids is 1. The predicted molar refractivity (Wildman–Crippen MR) is 60.2 cm³/mol. The Morgan fingerprint density at radius 1 is 1.50 bits per heavy atom. The standard InChI is InChI=1S/C11H10N2O6.Na/c1-18-10-12-11(6-19-10,9(14)15)7-4-2-3-5-8(7)13(16)17;/h2-5H,6H2,1H3,(H,14,15);/q;+1/p-1. The second-order valence-corrected chi connectivity index (χ2v) is 3.79. The van der Waals surface area contributed by atoms with Gasteiger partial charge in [-0.15, -0.1) is 0 Å². The van der Waals surface area contributed by atoms with E-state index in [1.165, 1.54) is 31.4 Å². The summed E-state index contributed by atoms with van der Waals surface area (Å²) in [4.78, 5) is 25.4. The van der Waals surface area contributed by atoms with Crippen molar-refractivity contribution >= 4 is 17.7 Å². The van der Waals surface area contributed by atoms with Crippen molar-refractivity contribution in [1.29, 1.82) is 0 Å². The van der Waals surface area contributed by atoms with Crippen molar-refractivity contribution in [2.24, 2.45) is 4.99 Å². The summed E-state index contributed by atoms with van der Waals surface area (Å²) in [5.74, 6) is -1.59. The number of para-hydroxylation sites is 1. The van der Waals surface area contributed by atoms with Gasteiger partial charge >= 0.3 is 35.6 Å². The normalized spacial score (nSPS) is 20.4. The minimum atomic E-state index is -1.96. The molecule has 0 saturated heterocycles. The van der Waals surface area contributed by atoms with E-state index in [0.29, 0.717) is 0 Å². The summed E-state index contributed by atoms with van der Waals surface area (Å²) in [6.45, 7) is -0.413. The van der Waals surface area contributed by atoms with Gasteiger partial charge in [-0.2, -0.15) is 4.99 Å². The number of carboxylic acid groups (broad SMARTS) is 1. The molecule has 0 aromatic heterocycles. The third-order valence-corrected chi connectivity index (χ3v) is 2.75. The fraction of sp³-hybridized carbons (Fsp3) is 0.273. The van der Waals surface area contributed by atoms with Crippen LogP contribution in [0.25, 0.3) is 0 Å². The second kappa shape index (κ2) is 6.21. The number of carbonyl (C=O) groups is 1. The van der Waals surface area contributed by atoms with Crippen LogP contribution < -0.4 is 34.7 Å². The topological polar surface area (TPSA) is 114 Å². The van der Waals surface area contributed by atoms with Gasteiger partial charge in [-0.3, -0.25) is 10.1 Å². The van der Waals surface area contributed by atoms with E-state index in [0.717, 1.165) is 0 Å². The maximum Gasteiger partial charge on any atom is 1.00 e. The number of rotatable bonds is 3. The Kier molecular flexibility index (Phi) is 5.09. The summed E-state index contributed by atoms with van der Waals surface area (Å²) >= 11 is 0. The molecular weight excluding hydrogens is 279 g/mol. The molecule has 0 aliphatic carbocycles. The molecule has 1 unspecified atom stereocenters. The summed E-state index contributed by atoms with van der Waals surface area (Å²) in [5, 5.41) is 22.3. The largest absolute Gasteiger partial charge is 1.00 e. The van der Waals surface area contributed by atoms with Crippen LogP contribution in [0.15, 0.2) is 29.3 Å². The van der Waals surface area contributed by atoms with E-state index in [2.05, 4.69) is 4.99 Å². The van der Waals surface area contributed by atoms with Crippen LogP contribution in [0, 0.1) is 10.1 Å². The Hall–Kier alpha value is -1.64. The van der Waals surface area contributed by atoms with Gasteiger partial charge in [-0.25, -0.2) is 0 Å². The van der Waals surface area contributed by atoms with Gasteiger partial charge in [0.25, 0.3) is 5.69 Å². The zero-order chi connectivity index (χ0) is 14.0. The number of benzene rings is 1. The van der Waals surface area contributed by atoms with Gasteiger partial charge in [-0.05, 0) is 6.07 Å². The SMILES string of the molecule is COC1=NC(C(=O)[O-])(c2ccccc2[N+](=O)[O-])CO1.[Na+]. The first-order chi connectivity index (χ1) is 9.01. The summed E-state index contributed by atoms with van der Waals surface area (Å²) < 4.78 is 9.66. The summed E-state index contributed by atoms with van der Waals surface area (Å²) in [7, 11) is 1.25. The Morgan fingerprint density at radius 3 is 2.65 bits per heavy atom. The fourth-order valence-corrected chi connectivity index (χ4v) is 1.83. The zero-order valence-corrected chi connectivity index (χ0v) is 12.9. The molecule has 0 radical (unpaired) electrons. The Labute approximate surface area is 135 Å². The number of aliphatic imine (C=N–C) groups is 1. The van der Waals surface area contributed by atoms with E-state index in [9.17, 15) is 20.0 Å². The molecule has 9 heteroatoms. The van der Waals surface area contributed by atoms with Crippen molar-refractivity contribution in [2.45, 2.75) is 5.54 Å². The Balaban J connectivity index is 0.00000200. The van der Waals surface area contributed by atoms with Gasteiger partial charge in [0.1, 0.15) is 6.61 Å². The molecule has 0 bridgehead atoms. The Morgan fingerprint density at radius 2 is 2.15 bits per heavy atom. The van der Waals surface area contributed by atoms with Crippen LogP contribution in [0.2, 0.25) is 0 Å². The molecule has 0 amide bonds. The number of aliphatic carboxylic acids is 1. The number of hydrogen-bond acceptors (Lipinski definition) is 7. The van der Waals surface area contributed by atoms with E-state index in [-0.39, 0.29) is 46.9 Å². The maximum absolute atomic E-state index is 11.4. The van der Waals surface area contributed by atoms with Crippen LogP contribution in [0.1, 0.15) is 5.56 Å². The van der Waals surface area contributed by atoms with Crippen LogP contribution in [0.5, 0.6) is 0 Å². The van der Waals surface area contributed by atoms with Crippen LogP contribution in [-0.4, -0.2) is 30.7 Å². The molecule has 1 heterocycles. The monoisotopic (exact) mass is 288 g/mol. The molecule has 1 aromatic carbocycles. The average molecular weight is 288 g/mol. The van der Waals surface area contributed by atoms with Crippen LogP contribution in [0.3, 0.4) is 0 Å². The molecule has 8 nitrogen and oxygen atoms in total. The van der Waals surface area contributed by atoms with Gasteiger partial charge in [0.2, 0.25) is 0 Å². The quantitative estimate of drug-likeness (QED) is 0.325. The minimum Gasteiger partial charge on any atom is -0.547 e. The van der Waals surface area contributed by atoms with Gasteiger partial charge < -0.3 is 19.4 Å². The van der Waals surface area contributed by atoms with Crippen LogP contribution in [-0.2, 0) is 19.8 Å². The molecule has 0 saturated carbocycles. The molecule has 2 rings (SSSR count). The molecule has 1 atom stereocenters. The number of ether oxygens (including phenoxy) is 2. The zero-order valence-electron chi connectivity index (χ0n) is 10.9. The van der Waals surface area contributed by atoms with E-state index >= 15 is 0 Å². The first kappa shape index (κ1) is 16.4. The summed E-state index contributed by atoms with van der Waals surface area (Å²) in [6.07, 6.45) is -0.248. The molecule has 0 N–H and O–H groups in total. The van der Waals surface area contributed by atoms with Crippen molar-refractivity contribution in [3.63, 3.8) is 0 Å². The van der Waals surface area contributed by atoms with Crippen molar-refractivity contribution in [3.05, 3.63) is 39.9 Å². The van der Waals surface area contributed by atoms with Gasteiger partial charge in [0, 0.05) is 6.07 Å². The average Bonchev–Trinajstić information content (AvgIpc) is 2.84. The number of nitro groups is 1.